The quantitative estimate of drug-likeness (QED) is 0.339. The number of nitrogens with two attached hydrogens (primary N) is 1. The molecule has 41 heavy (non-hydrogen) atoms. The van der Waals surface area contributed by atoms with Crippen LogP contribution in [0.25, 0.3) is 38.8 Å². The number of nitrogens with zero attached hydrogens (tertiary/aromatic N) is 7. The van der Waals surface area contributed by atoms with Crippen LogP contribution in [0.3, 0.4) is 0 Å². The Labute approximate surface area is 237 Å². The Bertz CT molecular complexity index is 1870. The minimum atomic E-state index is 0.136. The van der Waals surface area contributed by atoms with Gasteiger partial charge >= 0.3 is 0 Å². The lowest BCUT2D eigenvalue weighted by molar-refractivity contribution is -0.129. The fourth-order valence-corrected chi connectivity index (χ4v) is 5.70. The average Bonchev–Trinajstić information content (AvgIpc) is 3.59. The molecule has 7 rings (SSSR count). The molecule has 1 fully saturated rings. The second-order valence-corrected chi connectivity index (χ2v) is 10.5. The van der Waals surface area contributed by atoms with Gasteiger partial charge in [0, 0.05) is 61.5 Å². The van der Waals surface area contributed by atoms with Gasteiger partial charge in [-0.25, -0.2) is 9.50 Å². The Morgan fingerprint density at radius 3 is 2.41 bits per heavy atom. The zero-order valence-electron chi connectivity index (χ0n) is 22.8. The first-order chi connectivity index (χ1) is 20.0. The van der Waals surface area contributed by atoms with E-state index in [4.69, 9.17) is 10.8 Å². The normalized spacial score (nSPS) is 13.8. The number of hydrogen-bond donors (Lipinski definition) is 1. The first-order valence-electron chi connectivity index (χ1n) is 13.8. The first kappa shape index (κ1) is 24.8. The molecule has 9 heteroatoms. The third-order valence-electron chi connectivity index (χ3n) is 7.89. The van der Waals surface area contributed by atoms with E-state index in [1.807, 2.05) is 32.3 Å². The SMILES string of the molecule is CC(=O)N1CCN(c2ccc(-c3cc(-c4ccc5cn(Cc6ccccc6)nc5c4)c4c(N)ncnn34)cc2)CC1. The number of hydrogen-bond acceptors (Lipinski definition) is 6. The zero-order valence-corrected chi connectivity index (χ0v) is 22.8. The van der Waals surface area contributed by atoms with E-state index >= 15 is 0 Å². The highest BCUT2D eigenvalue weighted by Crippen LogP contribution is 2.36. The summed E-state index contributed by atoms with van der Waals surface area (Å²) in [6, 6.07) is 27.3. The summed E-state index contributed by atoms with van der Waals surface area (Å²) in [6.07, 6.45) is 3.57. The first-order valence-corrected chi connectivity index (χ1v) is 13.8. The molecule has 0 spiro atoms. The van der Waals surface area contributed by atoms with Crippen molar-refractivity contribution in [2.45, 2.75) is 13.5 Å². The van der Waals surface area contributed by atoms with Crippen molar-refractivity contribution >= 4 is 33.8 Å². The van der Waals surface area contributed by atoms with Crippen LogP contribution in [0.5, 0.6) is 0 Å². The third-order valence-corrected chi connectivity index (χ3v) is 7.89. The summed E-state index contributed by atoms with van der Waals surface area (Å²) in [5.74, 6) is 0.563. The Morgan fingerprint density at radius 1 is 0.902 bits per heavy atom. The molecule has 1 saturated heterocycles. The Balaban J connectivity index is 1.22. The van der Waals surface area contributed by atoms with Gasteiger partial charge < -0.3 is 15.5 Å². The molecule has 0 aliphatic carbocycles. The molecule has 6 aromatic rings. The number of piperazine rings is 1. The molecule has 9 nitrogen and oxygen atoms in total. The summed E-state index contributed by atoms with van der Waals surface area (Å²) in [4.78, 5) is 20.2. The molecule has 0 bridgehead atoms. The minimum Gasteiger partial charge on any atom is -0.382 e. The number of fused-ring (bicyclic) bond motifs is 2. The molecule has 0 saturated carbocycles. The van der Waals surface area contributed by atoms with Gasteiger partial charge in [-0.15, -0.1) is 0 Å². The number of amides is 1. The number of nitrogen functional groups attached to an aromatic ring is 1. The number of carbonyl (C=O) groups is 1. The van der Waals surface area contributed by atoms with E-state index in [-0.39, 0.29) is 5.91 Å². The van der Waals surface area contributed by atoms with E-state index in [0.29, 0.717) is 12.4 Å². The van der Waals surface area contributed by atoms with E-state index < -0.39 is 0 Å². The highest BCUT2D eigenvalue weighted by molar-refractivity contribution is 5.95. The van der Waals surface area contributed by atoms with Crippen LogP contribution in [0.1, 0.15) is 12.5 Å². The Kier molecular flexibility index (Phi) is 6.11. The average molecular weight is 543 g/mol. The summed E-state index contributed by atoms with van der Waals surface area (Å²) in [6.45, 7) is 5.49. The molecule has 2 N–H and O–H groups in total. The highest BCUT2D eigenvalue weighted by Gasteiger charge is 2.20. The van der Waals surface area contributed by atoms with Crippen LogP contribution in [0.2, 0.25) is 0 Å². The predicted octanol–water partition coefficient (Wildman–Crippen LogP) is 4.71. The molecule has 1 aliphatic rings. The summed E-state index contributed by atoms with van der Waals surface area (Å²) in [5.41, 5.74) is 14.4. The maximum atomic E-state index is 11.7. The monoisotopic (exact) mass is 542 g/mol. The van der Waals surface area contributed by atoms with Crippen molar-refractivity contribution in [3.63, 3.8) is 0 Å². The summed E-state index contributed by atoms with van der Waals surface area (Å²) in [5, 5.41) is 10.5. The second kappa shape index (κ2) is 10.1. The summed E-state index contributed by atoms with van der Waals surface area (Å²) in [7, 11) is 0. The smallest absolute Gasteiger partial charge is 0.219 e. The topological polar surface area (TPSA) is 97.6 Å². The number of anilines is 2. The van der Waals surface area contributed by atoms with Gasteiger partial charge in [0.2, 0.25) is 5.91 Å². The van der Waals surface area contributed by atoms with Gasteiger partial charge in [0.05, 0.1) is 17.8 Å². The van der Waals surface area contributed by atoms with Crippen molar-refractivity contribution < 1.29 is 4.79 Å². The standard InChI is InChI=1S/C32H30N8O/c1-22(41)37-13-15-38(16-14-37)27-11-9-24(10-12-27)30-18-28(31-32(33)34-21-35-40(30)31)25-7-8-26-20-39(36-29(26)17-25)19-23-5-3-2-4-6-23/h2-12,17-18,20-21H,13-16,19H2,1H3,(H2,33,34,35). The van der Waals surface area contributed by atoms with Gasteiger partial charge in [0.25, 0.3) is 0 Å². The maximum absolute atomic E-state index is 11.7. The largest absolute Gasteiger partial charge is 0.382 e. The molecule has 1 amide bonds. The molecular weight excluding hydrogens is 512 g/mol. The molecule has 0 atom stereocenters. The molecule has 0 unspecified atom stereocenters. The van der Waals surface area contributed by atoms with Crippen molar-refractivity contribution in [3.05, 3.63) is 97.0 Å². The molecule has 0 radical (unpaired) electrons. The van der Waals surface area contributed by atoms with Crippen LogP contribution in [0.4, 0.5) is 11.5 Å². The van der Waals surface area contributed by atoms with E-state index in [2.05, 4.69) is 81.8 Å². The van der Waals surface area contributed by atoms with Crippen LogP contribution in [-0.4, -0.2) is 61.4 Å². The molecule has 4 heterocycles. The van der Waals surface area contributed by atoms with Crippen LogP contribution in [0.15, 0.2) is 91.4 Å². The number of carbonyl (C=O) groups excluding carboxylic acids is 1. The van der Waals surface area contributed by atoms with Gasteiger partial charge in [-0.2, -0.15) is 10.2 Å². The van der Waals surface area contributed by atoms with Crippen molar-refractivity contribution in [1.29, 1.82) is 0 Å². The van der Waals surface area contributed by atoms with Crippen LogP contribution < -0.4 is 10.6 Å². The van der Waals surface area contributed by atoms with Crippen molar-refractivity contribution in [3.8, 4) is 22.4 Å². The number of aromatic nitrogens is 5. The lowest BCUT2D eigenvalue weighted by atomic mass is 10.0. The van der Waals surface area contributed by atoms with Crippen molar-refractivity contribution in [2.24, 2.45) is 0 Å². The van der Waals surface area contributed by atoms with Gasteiger partial charge in [-0.1, -0.05) is 54.6 Å². The minimum absolute atomic E-state index is 0.136. The Morgan fingerprint density at radius 2 is 1.66 bits per heavy atom. The van der Waals surface area contributed by atoms with Crippen LogP contribution >= 0.6 is 0 Å². The van der Waals surface area contributed by atoms with Crippen LogP contribution in [-0.2, 0) is 11.3 Å². The lowest BCUT2D eigenvalue weighted by Crippen LogP contribution is -2.48. The van der Waals surface area contributed by atoms with Crippen LogP contribution in [0, 0.1) is 0 Å². The highest BCUT2D eigenvalue weighted by atomic mass is 16.2. The van der Waals surface area contributed by atoms with Gasteiger partial charge in [0.1, 0.15) is 11.8 Å². The molecular formula is C32H30N8O. The summed E-state index contributed by atoms with van der Waals surface area (Å²) >= 11 is 0. The van der Waals surface area contributed by atoms with Gasteiger partial charge in [-0.05, 0) is 35.4 Å². The number of rotatable bonds is 5. The number of benzene rings is 3. The molecule has 1 aliphatic heterocycles. The third kappa shape index (κ3) is 4.65. The van der Waals surface area contributed by atoms with Gasteiger partial charge in [0.15, 0.2) is 5.82 Å². The lowest BCUT2D eigenvalue weighted by Gasteiger charge is -2.35. The van der Waals surface area contributed by atoms with E-state index in [1.54, 1.807) is 6.92 Å². The molecule has 204 valence electrons. The summed E-state index contributed by atoms with van der Waals surface area (Å²) < 4.78 is 3.85. The van der Waals surface area contributed by atoms with E-state index in [9.17, 15) is 4.79 Å². The van der Waals surface area contributed by atoms with Crippen molar-refractivity contribution in [1.82, 2.24) is 29.3 Å². The van der Waals surface area contributed by atoms with E-state index in [1.165, 1.54) is 11.9 Å². The predicted molar refractivity (Wildman–Crippen MR) is 162 cm³/mol. The maximum Gasteiger partial charge on any atom is 0.219 e. The molecule has 3 aromatic carbocycles. The van der Waals surface area contributed by atoms with Crippen molar-refractivity contribution in [2.75, 3.05) is 36.8 Å². The molecule has 3 aromatic heterocycles. The Hall–Kier alpha value is -5.18. The fourth-order valence-electron chi connectivity index (χ4n) is 5.70. The zero-order chi connectivity index (χ0) is 27.9. The van der Waals surface area contributed by atoms with Gasteiger partial charge in [-0.3, -0.25) is 9.48 Å². The second-order valence-electron chi connectivity index (χ2n) is 10.5. The van der Waals surface area contributed by atoms with E-state index in [0.717, 1.165) is 70.7 Å². The fraction of sp³-hybridized carbons (Fsp3) is 0.188.